The van der Waals surface area contributed by atoms with Gasteiger partial charge in [-0.2, -0.15) is 0 Å². The highest BCUT2D eigenvalue weighted by Gasteiger charge is 2.32. The van der Waals surface area contributed by atoms with Crippen LogP contribution in [0.5, 0.6) is 0 Å². The summed E-state index contributed by atoms with van der Waals surface area (Å²) in [5, 5.41) is 3.51. The molecule has 0 aromatic heterocycles. The molecule has 1 fully saturated rings. The van der Waals surface area contributed by atoms with Gasteiger partial charge in [0.15, 0.2) is 0 Å². The second kappa shape index (κ2) is 5.19. The van der Waals surface area contributed by atoms with Gasteiger partial charge in [0, 0.05) is 31.7 Å². The summed E-state index contributed by atoms with van der Waals surface area (Å²) in [6.07, 6.45) is 1.20. The summed E-state index contributed by atoms with van der Waals surface area (Å²) in [6, 6.07) is 8.87. The number of aryl methyl sites for hydroxylation is 1. The van der Waals surface area contributed by atoms with Gasteiger partial charge >= 0.3 is 0 Å². The van der Waals surface area contributed by atoms with E-state index in [1.807, 2.05) is 0 Å². The fourth-order valence-corrected chi connectivity index (χ4v) is 2.60. The fraction of sp³-hybridized carbons (Fsp3) is 0.600. The number of nitrogens with zero attached hydrogens (tertiary/aromatic N) is 1. The van der Waals surface area contributed by atoms with Crippen molar-refractivity contribution >= 4 is 0 Å². The van der Waals surface area contributed by atoms with E-state index in [9.17, 15) is 0 Å². The van der Waals surface area contributed by atoms with E-state index in [-0.39, 0.29) is 0 Å². The van der Waals surface area contributed by atoms with Gasteiger partial charge in [0.25, 0.3) is 0 Å². The Morgan fingerprint density at radius 3 is 2.94 bits per heavy atom. The van der Waals surface area contributed by atoms with Crippen LogP contribution in [0.25, 0.3) is 0 Å². The third kappa shape index (κ3) is 2.88. The summed E-state index contributed by atoms with van der Waals surface area (Å²) in [5.74, 6) is 0. The zero-order chi connectivity index (χ0) is 12.3. The van der Waals surface area contributed by atoms with Crippen LogP contribution in [0, 0.1) is 6.92 Å². The highest BCUT2D eigenvalue weighted by atomic mass is 15.2. The van der Waals surface area contributed by atoms with Gasteiger partial charge in [-0.25, -0.2) is 0 Å². The first-order valence-corrected chi connectivity index (χ1v) is 6.65. The van der Waals surface area contributed by atoms with Crippen LogP contribution in [0.2, 0.25) is 0 Å². The van der Waals surface area contributed by atoms with E-state index in [4.69, 9.17) is 0 Å². The Morgan fingerprint density at radius 1 is 1.41 bits per heavy atom. The first kappa shape index (κ1) is 12.6. The van der Waals surface area contributed by atoms with Crippen molar-refractivity contribution < 1.29 is 0 Å². The normalized spacial score (nSPS) is 26.1. The average Bonchev–Trinajstić information content (AvgIpc) is 2.32. The van der Waals surface area contributed by atoms with Gasteiger partial charge < -0.3 is 5.32 Å². The number of piperazine rings is 1. The molecule has 1 aromatic rings. The molecule has 0 saturated carbocycles. The first-order valence-electron chi connectivity index (χ1n) is 6.65. The number of hydrogen-bond donors (Lipinski definition) is 1. The largest absolute Gasteiger partial charge is 0.314 e. The summed E-state index contributed by atoms with van der Waals surface area (Å²) in [5.41, 5.74) is 3.10. The predicted molar refractivity (Wildman–Crippen MR) is 73.2 cm³/mol. The Labute approximate surface area is 105 Å². The van der Waals surface area contributed by atoms with Crippen LogP contribution >= 0.6 is 0 Å². The lowest BCUT2D eigenvalue weighted by molar-refractivity contribution is 0.0637. The van der Waals surface area contributed by atoms with E-state index in [2.05, 4.69) is 55.3 Å². The highest BCUT2D eigenvalue weighted by Crippen LogP contribution is 2.23. The minimum absolute atomic E-state index is 0.308. The van der Waals surface area contributed by atoms with Crippen LogP contribution in [-0.2, 0) is 6.54 Å². The maximum atomic E-state index is 3.51. The molecule has 0 amide bonds. The van der Waals surface area contributed by atoms with Gasteiger partial charge in [0.1, 0.15) is 0 Å². The monoisotopic (exact) mass is 232 g/mol. The van der Waals surface area contributed by atoms with Crippen LogP contribution in [0.15, 0.2) is 24.3 Å². The van der Waals surface area contributed by atoms with E-state index >= 15 is 0 Å². The molecule has 0 aliphatic carbocycles. The molecule has 1 heterocycles. The second-order valence-electron chi connectivity index (χ2n) is 5.44. The van der Waals surface area contributed by atoms with Crippen molar-refractivity contribution in [2.45, 2.75) is 39.3 Å². The number of rotatable bonds is 3. The van der Waals surface area contributed by atoms with E-state index < -0.39 is 0 Å². The molecule has 2 nitrogen and oxygen atoms in total. The van der Waals surface area contributed by atoms with Crippen molar-refractivity contribution in [3.05, 3.63) is 35.4 Å². The van der Waals surface area contributed by atoms with Gasteiger partial charge in [-0.1, -0.05) is 36.8 Å². The van der Waals surface area contributed by atoms with E-state index in [1.165, 1.54) is 17.5 Å². The average molecular weight is 232 g/mol. The molecule has 1 atom stereocenters. The van der Waals surface area contributed by atoms with Crippen LogP contribution in [0.4, 0.5) is 0 Å². The van der Waals surface area contributed by atoms with Crippen molar-refractivity contribution in [1.82, 2.24) is 10.2 Å². The molecule has 1 aromatic carbocycles. The van der Waals surface area contributed by atoms with E-state index in [1.54, 1.807) is 0 Å². The molecule has 2 heteroatoms. The standard InChI is InChI=1S/C15H24N2/c1-4-15(3)12-16-8-9-17(15)11-14-7-5-6-13(2)10-14/h5-7,10,16H,4,8-9,11-12H2,1-3H3. The van der Waals surface area contributed by atoms with Crippen LogP contribution in [0.3, 0.4) is 0 Å². The van der Waals surface area contributed by atoms with Crippen molar-refractivity contribution in [2.24, 2.45) is 0 Å². The van der Waals surface area contributed by atoms with Crippen molar-refractivity contribution in [2.75, 3.05) is 19.6 Å². The molecule has 0 spiro atoms. The van der Waals surface area contributed by atoms with Gasteiger partial charge in [0.05, 0.1) is 0 Å². The molecule has 1 aliphatic rings. The molecule has 1 saturated heterocycles. The van der Waals surface area contributed by atoms with Crippen molar-refractivity contribution in [3.63, 3.8) is 0 Å². The zero-order valence-electron chi connectivity index (χ0n) is 11.3. The van der Waals surface area contributed by atoms with Crippen LogP contribution < -0.4 is 5.32 Å². The maximum absolute atomic E-state index is 3.51. The molecule has 17 heavy (non-hydrogen) atoms. The second-order valence-corrected chi connectivity index (χ2v) is 5.44. The molecular weight excluding hydrogens is 208 g/mol. The summed E-state index contributed by atoms with van der Waals surface area (Å²) in [7, 11) is 0. The molecule has 1 aliphatic heterocycles. The summed E-state index contributed by atoms with van der Waals surface area (Å²) in [6.45, 7) is 11.3. The van der Waals surface area contributed by atoms with Gasteiger partial charge in [-0.05, 0) is 25.8 Å². The first-order chi connectivity index (χ1) is 8.14. The molecule has 1 N–H and O–H groups in total. The molecule has 94 valence electrons. The minimum atomic E-state index is 0.308. The quantitative estimate of drug-likeness (QED) is 0.861. The predicted octanol–water partition coefficient (Wildman–Crippen LogP) is 2.57. The van der Waals surface area contributed by atoms with E-state index in [0.717, 1.165) is 26.2 Å². The van der Waals surface area contributed by atoms with Crippen molar-refractivity contribution in [3.8, 4) is 0 Å². The Hall–Kier alpha value is -0.860. The Morgan fingerprint density at radius 2 is 2.24 bits per heavy atom. The fourth-order valence-electron chi connectivity index (χ4n) is 2.60. The van der Waals surface area contributed by atoms with Gasteiger partial charge in [0.2, 0.25) is 0 Å². The lowest BCUT2D eigenvalue weighted by Crippen LogP contribution is -2.58. The molecule has 1 unspecified atom stereocenters. The maximum Gasteiger partial charge on any atom is 0.0307 e. The number of hydrogen-bond acceptors (Lipinski definition) is 2. The SMILES string of the molecule is CCC1(C)CNCCN1Cc1cccc(C)c1. The summed E-state index contributed by atoms with van der Waals surface area (Å²) < 4.78 is 0. The lowest BCUT2D eigenvalue weighted by atomic mass is 9.93. The zero-order valence-corrected chi connectivity index (χ0v) is 11.3. The molecule has 0 bridgehead atoms. The topological polar surface area (TPSA) is 15.3 Å². The lowest BCUT2D eigenvalue weighted by Gasteiger charge is -2.45. The third-order valence-corrected chi connectivity index (χ3v) is 4.05. The van der Waals surface area contributed by atoms with Crippen LogP contribution in [-0.4, -0.2) is 30.1 Å². The highest BCUT2D eigenvalue weighted by molar-refractivity contribution is 5.22. The Kier molecular flexibility index (Phi) is 3.85. The van der Waals surface area contributed by atoms with Crippen LogP contribution in [0.1, 0.15) is 31.4 Å². The minimum Gasteiger partial charge on any atom is -0.314 e. The summed E-state index contributed by atoms with van der Waals surface area (Å²) in [4.78, 5) is 2.62. The van der Waals surface area contributed by atoms with E-state index in [0.29, 0.717) is 5.54 Å². The molecular formula is C15H24N2. The number of nitrogens with one attached hydrogen (secondary N) is 1. The molecule has 0 radical (unpaired) electrons. The van der Waals surface area contributed by atoms with Gasteiger partial charge in [-0.3, -0.25) is 4.90 Å². The Bertz CT molecular complexity index is 375. The molecule has 2 rings (SSSR count). The number of benzene rings is 1. The smallest absolute Gasteiger partial charge is 0.0307 e. The summed E-state index contributed by atoms with van der Waals surface area (Å²) >= 11 is 0. The van der Waals surface area contributed by atoms with Crippen molar-refractivity contribution in [1.29, 1.82) is 0 Å². The third-order valence-electron chi connectivity index (χ3n) is 4.05. The Balaban J connectivity index is 2.11. The van der Waals surface area contributed by atoms with Gasteiger partial charge in [-0.15, -0.1) is 0 Å².